The van der Waals surface area contributed by atoms with Crippen molar-refractivity contribution in [1.29, 1.82) is 5.26 Å². The van der Waals surface area contributed by atoms with Crippen LogP contribution >= 0.6 is 0 Å². The molecule has 1 saturated heterocycles. The van der Waals surface area contributed by atoms with Gasteiger partial charge in [-0.15, -0.1) is 0 Å². The molecule has 1 saturated carbocycles. The van der Waals surface area contributed by atoms with Crippen molar-refractivity contribution in [3.63, 3.8) is 0 Å². The van der Waals surface area contributed by atoms with E-state index in [1.807, 2.05) is 24.7 Å². The summed E-state index contributed by atoms with van der Waals surface area (Å²) in [6, 6.07) is 3.11. The molecular formula is C16H25N5. The van der Waals surface area contributed by atoms with Gasteiger partial charge in [0, 0.05) is 39.3 Å². The molecular weight excluding hydrogens is 262 g/mol. The average Bonchev–Trinajstić information content (AvgIpc) is 3.14. The monoisotopic (exact) mass is 287 g/mol. The van der Waals surface area contributed by atoms with Crippen molar-refractivity contribution in [2.75, 3.05) is 26.2 Å². The summed E-state index contributed by atoms with van der Waals surface area (Å²) in [5, 5.41) is 9.60. The molecule has 0 aromatic carbocycles. The number of nitrogens with zero attached hydrogens (tertiary/aromatic N) is 5. The fourth-order valence-electron chi connectivity index (χ4n) is 3.74. The Morgan fingerprint density at radius 1 is 1.24 bits per heavy atom. The summed E-state index contributed by atoms with van der Waals surface area (Å²) < 4.78 is 2.04. The van der Waals surface area contributed by atoms with Crippen molar-refractivity contribution in [2.45, 2.75) is 44.7 Å². The second kappa shape index (κ2) is 6.17. The quantitative estimate of drug-likeness (QED) is 0.851. The Morgan fingerprint density at radius 3 is 2.43 bits per heavy atom. The first kappa shape index (κ1) is 14.6. The largest absolute Gasteiger partial charge is 0.333 e. The zero-order chi connectivity index (χ0) is 14.8. The van der Waals surface area contributed by atoms with Gasteiger partial charge in [-0.2, -0.15) is 5.26 Å². The number of hydrogen-bond donors (Lipinski definition) is 0. The number of imidazole rings is 1. The Kier molecular flexibility index (Phi) is 4.27. The minimum absolute atomic E-state index is 0.165. The van der Waals surface area contributed by atoms with Crippen LogP contribution in [0.1, 0.15) is 43.2 Å². The molecule has 1 aromatic heterocycles. The van der Waals surface area contributed by atoms with E-state index in [9.17, 15) is 5.26 Å². The molecule has 1 atom stereocenters. The lowest BCUT2D eigenvalue weighted by Gasteiger charge is -2.39. The molecule has 0 amide bonds. The van der Waals surface area contributed by atoms with Crippen LogP contribution in [-0.4, -0.2) is 51.6 Å². The van der Waals surface area contributed by atoms with Crippen molar-refractivity contribution in [2.24, 2.45) is 7.05 Å². The van der Waals surface area contributed by atoms with E-state index in [1.165, 1.54) is 25.7 Å². The minimum atomic E-state index is -0.165. The van der Waals surface area contributed by atoms with Crippen LogP contribution in [0.15, 0.2) is 6.20 Å². The molecule has 2 fully saturated rings. The molecule has 0 bridgehead atoms. The van der Waals surface area contributed by atoms with Crippen LogP contribution in [0.4, 0.5) is 0 Å². The standard InChI is InChI=1S/C16H25N5/c1-13-18-12-16(19(13)2)15(11-17)21-9-7-20(8-10-21)14-5-3-4-6-14/h12,14-15H,3-10H2,1-2H3. The highest BCUT2D eigenvalue weighted by Crippen LogP contribution is 2.27. The molecule has 2 heterocycles. The number of aromatic nitrogens is 2. The predicted octanol–water partition coefficient (Wildman–Crippen LogP) is 1.85. The van der Waals surface area contributed by atoms with Gasteiger partial charge in [0.2, 0.25) is 0 Å². The summed E-state index contributed by atoms with van der Waals surface area (Å²) in [4.78, 5) is 9.27. The second-order valence-corrected chi connectivity index (χ2v) is 6.33. The first-order valence-electron chi connectivity index (χ1n) is 8.06. The Hall–Kier alpha value is -1.38. The van der Waals surface area contributed by atoms with Gasteiger partial charge in [0.15, 0.2) is 0 Å². The van der Waals surface area contributed by atoms with Gasteiger partial charge in [-0.1, -0.05) is 12.8 Å². The third-order valence-electron chi connectivity index (χ3n) is 5.21. The van der Waals surface area contributed by atoms with Gasteiger partial charge in [0.05, 0.1) is 18.0 Å². The van der Waals surface area contributed by atoms with Crippen molar-refractivity contribution < 1.29 is 0 Å². The lowest BCUT2D eigenvalue weighted by molar-refractivity contribution is 0.0823. The molecule has 3 rings (SSSR count). The highest BCUT2D eigenvalue weighted by atomic mass is 15.3. The lowest BCUT2D eigenvalue weighted by atomic mass is 10.1. The molecule has 1 aliphatic carbocycles. The maximum atomic E-state index is 9.60. The van der Waals surface area contributed by atoms with Gasteiger partial charge in [0.1, 0.15) is 11.9 Å². The molecule has 114 valence electrons. The van der Waals surface area contributed by atoms with Crippen LogP contribution in [0.25, 0.3) is 0 Å². The summed E-state index contributed by atoms with van der Waals surface area (Å²) in [7, 11) is 2.00. The zero-order valence-corrected chi connectivity index (χ0v) is 13.1. The third kappa shape index (κ3) is 2.83. The number of hydrogen-bond acceptors (Lipinski definition) is 4. The zero-order valence-electron chi connectivity index (χ0n) is 13.1. The van der Waals surface area contributed by atoms with Crippen LogP contribution in [0.2, 0.25) is 0 Å². The van der Waals surface area contributed by atoms with Crippen molar-refractivity contribution >= 4 is 0 Å². The van der Waals surface area contributed by atoms with E-state index in [-0.39, 0.29) is 6.04 Å². The fourth-order valence-corrected chi connectivity index (χ4v) is 3.74. The number of rotatable bonds is 3. The van der Waals surface area contributed by atoms with Gasteiger partial charge in [0.25, 0.3) is 0 Å². The Bertz CT molecular complexity index is 515. The van der Waals surface area contributed by atoms with E-state index < -0.39 is 0 Å². The molecule has 0 radical (unpaired) electrons. The number of nitriles is 1. The molecule has 5 heteroatoms. The lowest BCUT2D eigenvalue weighted by Crippen LogP contribution is -2.50. The fraction of sp³-hybridized carbons (Fsp3) is 0.750. The molecule has 0 spiro atoms. The molecule has 1 aliphatic heterocycles. The van der Waals surface area contributed by atoms with Crippen LogP contribution in [0.5, 0.6) is 0 Å². The minimum Gasteiger partial charge on any atom is -0.333 e. The van der Waals surface area contributed by atoms with E-state index in [0.717, 1.165) is 43.7 Å². The van der Waals surface area contributed by atoms with Gasteiger partial charge >= 0.3 is 0 Å². The van der Waals surface area contributed by atoms with Crippen LogP contribution in [0.3, 0.4) is 0 Å². The summed E-state index contributed by atoms with van der Waals surface area (Å²) in [6.45, 7) is 6.15. The Labute approximate surface area is 127 Å². The molecule has 21 heavy (non-hydrogen) atoms. The summed E-state index contributed by atoms with van der Waals surface area (Å²) in [5.41, 5.74) is 1.02. The third-order valence-corrected chi connectivity index (χ3v) is 5.21. The van der Waals surface area contributed by atoms with Crippen LogP contribution in [0, 0.1) is 18.3 Å². The van der Waals surface area contributed by atoms with Crippen LogP contribution < -0.4 is 0 Å². The predicted molar refractivity (Wildman–Crippen MR) is 81.7 cm³/mol. The normalized spacial score (nSPS) is 23.3. The Morgan fingerprint density at radius 2 is 1.90 bits per heavy atom. The number of piperazine rings is 1. The smallest absolute Gasteiger partial charge is 0.140 e. The molecule has 2 aliphatic rings. The summed E-state index contributed by atoms with van der Waals surface area (Å²) >= 11 is 0. The maximum Gasteiger partial charge on any atom is 0.140 e. The van der Waals surface area contributed by atoms with Gasteiger partial charge in [-0.05, 0) is 19.8 Å². The van der Waals surface area contributed by atoms with Crippen LogP contribution in [-0.2, 0) is 7.05 Å². The average molecular weight is 287 g/mol. The second-order valence-electron chi connectivity index (χ2n) is 6.33. The Balaban J connectivity index is 1.64. The molecule has 5 nitrogen and oxygen atoms in total. The number of aryl methyl sites for hydroxylation is 1. The maximum absolute atomic E-state index is 9.60. The van der Waals surface area contributed by atoms with E-state index in [2.05, 4.69) is 20.9 Å². The van der Waals surface area contributed by atoms with Crippen molar-refractivity contribution in [3.8, 4) is 6.07 Å². The van der Waals surface area contributed by atoms with Gasteiger partial charge in [-0.25, -0.2) is 4.98 Å². The topological polar surface area (TPSA) is 48.1 Å². The van der Waals surface area contributed by atoms with Gasteiger partial charge in [-0.3, -0.25) is 9.80 Å². The first-order chi connectivity index (χ1) is 10.2. The summed E-state index contributed by atoms with van der Waals surface area (Å²) in [5.74, 6) is 0.967. The summed E-state index contributed by atoms with van der Waals surface area (Å²) in [6.07, 6.45) is 7.36. The van der Waals surface area contributed by atoms with Crippen molar-refractivity contribution in [1.82, 2.24) is 19.4 Å². The van der Waals surface area contributed by atoms with Gasteiger partial charge < -0.3 is 4.57 Å². The van der Waals surface area contributed by atoms with E-state index in [4.69, 9.17) is 0 Å². The highest BCUT2D eigenvalue weighted by Gasteiger charge is 2.30. The molecule has 0 N–H and O–H groups in total. The van der Waals surface area contributed by atoms with E-state index in [1.54, 1.807) is 0 Å². The SMILES string of the molecule is Cc1ncc(C(C#N)N2CCN(C3CCCC3)CC2)n1C. The molecule has 1 unspecified atom stereocenters. The highest BCUT2D eigenvalue weighted by molar-refractivity contribution is 5.17. The first-order valence-corrected chi connectivity index (χ1v) is 8.06. The van der Waals surface area contributed by atoms with E-state index >= 15 is 0 Å². The van der Waals surface area contributed by atoms with E-state index in [0.29, 0.717) is 0 Å². The molecule has 1 aromatic rings. The van der Waals surface area contributed by atoms with Crippen molar-refractivity contribution in [3.05, 3.63) is 17.7 Å².